The van der Waals surface area contributed by atoms with Crippen molar-refractivity contribution in [3.63, 3.8) is 0 Å². The van der Waals surface area contributed by atoms with E-state index >= 15 is 0 Å². The maximum atomic E-state index is 6.36. The van der Waals surface area contributed by atoms with Gasteiger partial charge in [0.05, 0.1) is 42.8 Å². The molecule has 7 nitrogen and oxygen atoms in total. The molecule has 0 bridgehead atoms. The highest BCUT2D eigenvalue weighted by Gasteiger charge is 2.14. The minimum atomic E-state index is 0.685. The van der Waals surface area contributed by atoms with Crippen LogP contribution in [0, 0.1) is 0 Å². The van der Waals surface area contributed by atoms with Gasteiger partial charge in [-0.2, -0.15) is 0 Å². The molecule has 8 heteroatoms. The van der Waals surface area contributed by atoms with Crippen molar-refractivity contribution in [3.8, 4) is 0 Å². The summed E-state index contributed by atoms with van der Waals surface area (Å²) in [6.45, 7) is 6.22. The van der Waals surface area contributed by atoms with Crippen LogP contribution in [0.25, 0.3) is 0 Å². The third-order valence-electron chi connectivity index (χ3n) is 3.65. The van der Waals surface area contributed by atoms with Crippen molar-refractivity contribution in [2.75, 3.05) is 57.5 Å². The first kappa shape index (κ1) is 15.5. The maximum absolute atomic E-state index is 6.36. The van der Waals surface area contributed by atoms with Crippen molar-refractivity contribution < 1.29 is 9.47 Å². The van der Waals surface area contributed by atoms with E-state index < -0.39 is 0 Å². The van der Waals surface area contributed by atoms with Crippen LogP contribution in [0.1, 0.15) is 0 Å². The molecule has 2 saturated heterocycles. The van der Waals surface area contributed by atoms with E-state index in [0.29, 0.717) is 18.2 Å². The Morgan fingerprint density at radius 2 is 1.68 bits per heavy atom. The van der Waals surface area contributed by atoms with Crippen molar-refractivity contribution >= 4 is 23.0 Å². The number of hydrogen-bond acceptors (Lipinski definition) is 6. The van der Waals surface area contributed by atoms with E-state index in [1.807, 2.05) is 23.2 Å². The fraction of sp³-hybridized carbons (Fsp3) is 0.571. The van der Waals surface area contributed by atoms with E-state index in [0.717, 1.165) is 50.8 Å². The molecule has 0 saturated carbocycles. The van der Waals surface area contributed by atoms with Gasteiger partial charge in [0.25, 0.3) is 0 Å². The zero-order valence-corrected chi connectivity index (χ0v) is 13.1. The third-order valence-corrected chi connectivity index (χ3v) is 3.95. The van der Waals surface area contributed by atoms with Gasteiger partial charge in [0.1, 0.15) is 0 Å². The van der Waals surface area contributed by atoms with Crippen molar-refractivity contribution in [2.24, 2.45) is 10.3 Å². The first-order valence-electron chi connectivity index (χ1n) is 7.44. The number of hydrazine groups is 1. The average molecular weight is 326 g/mol. The lowest BCUT2D eigenvalue weighted by atomic mass is 10.2. The molecule has 0 atom stereocenters. The molecule has 0 amide bonds. The lowest BCUT2D eigenvalue weighted by molar-refractivity contribution is 0.0110. The molecule has 1 aromatic carbocycles. The van der Waals surface area contributed by atoms with Gasteiger partial charge in [0.15, 0.2) is 0 Å². The number of nitrogens with zero attached hydrogens (tertiary/aromatic N) is 4. The second-order valence-electron chi connectivity index (χ2n) is 5.13. The quantitative estimate of drug-likeness (QED) is 0.678. The molecule has 2 aliphatic rings. The van der Waals surface area contributed by atoms with E-state index in [4.69, 9.17) is 21.1 Å². The number of rotatable bonds is 4. The molecular formula is C14H20ClN5O2. The zero-order valence-electron chi connectivity index (χ0n) is 12.4. The van der Waals surface area contributed by atoms with Crippen LogP contribution in [0.4, 0.5) is 11.4 Å². The second-order valence-corrected chi connectivity index (χ2v) is 5.54. The van der Waals surface area contributed by atoms with E-state index in [9.17, 15) is 0 Å². The minimum absolute atomic E-state index is 0.685. The smallest absolute Gasteiger partial charge is 0.0891 e. The van der Waals surface area contributed by atoms with Gasteiger partial charge in [0, 0.05) is 26.2 Å². The molecule has 3 rings (SSSR count). The number of benzene rings is 1. The van der Waals surface area contributed by atoms with Crippen LogP contribution < -0.4 is 10.4 Å². The molecule has 2 fully saturated rings. The van der Waals surface area contributed by atoms with Crippen LogP contribution in [0.3, 0.4) is 0 Å². The molecule has 2 aliphatic heterocycles. The highest BCUT2D eigenvalue weighted by Crippen LogP contribution is 2.30. The van der Waals surface area contributed by atoms with Crippen LogP contribution in [-0.4, -0.2) is 57.6 Å². The number of morpholine rings is 2. The largest absolute Gasteiger partial charge is 0.379 e. The summed E-state index contributed by atoms with van der Waals surface area (Å²) in [4.78, 5) is 2.22. The van der Waals surface area contributed by atoms with Gasteiger partial charge in [0.2, 0.25) is 0 Å². The molecule has 1 N–H and O–H groups in total. The van der Waals surface area contributed by atoms with Gasteiger partial charge < -0.3 is 14.4 Å². The Balaban J connectivity index is 1.58. The predicted molar refractivity (Wildman–Crippen MR) is 84.5 cm³/mol. The molecule has 0 radical (unpaired) electrons. The van der Waals surface area contributed by atoms with E-state index in [1.165, 1.54) is 0 Å². The summed E-state index contributed by atoms with van der Waals surface area (Å²) in [5, 5.41) is 10.8. The summed E-state index contributed by atoms with van der Waals surface area (Å²) in [5.74, 6) is 0. The van der Waals surface area contributed by atoms with Gasteiger partial charge in [-0.25, -0.2) is 10.5 Å². The summed E-state index contributed by atoms with van der Waals surface area (Å²) in [7, 11) is 0. The molecule has 22 heavy (non-hydrogen) atoms. The molecule has 1 aromatic rings. The number of ether oxygens (including phenoxy) is 2. The first-order chi connectivity index (χ1) is 10.8. The monoisotopic (exact) mass is 325 g/mol. The van der Waals surface area contributed by atoms with E-state index in [2.05, 4.69) is 20.8 Å². The van der Waals surface area contributed by atoms with Gasteiger partial charge in [-0.15, -0.1) is 5.11 Å². The number of anilines is 1. The third kappa shape index (κ3) is 4.07. The summed E-state index contributed by atoms with van der Waals surface area (Å²) in [6, 6.07) is 5.73. The van der Waals surface area contributed by atoms with Crippen molar-refractivity contribution in [3.05, 3.63) is 23.2 Å². The van der Waals surface area contributed by atoms with Gasteiger partial charge in [-0.1, -0.05) is 16.8 Å². The lowest BCUT2D eigenvalue weighted by Gasteiger charge is -2.29. The Morgan fingerprint density at radius 3 is 2.36 bits per heavy atom. The number of halogens is 1. The molecule has 0 aromatic heterocycles. The highest BCUT2D eigenvalue weighted by atomic mass is 35.5. The van der Waals surface area contributed by atoms with Gasteiger partial charge in [-0.3, -0.25) is 0 Å². The molecule has 0 spiro atoms. The van der Waals surface area contributed by atoms with Crippen LogP contribution in [-0.2, 0) is 9.47 Å². The lowest BCUT2D eigenvalue weighted by Crippen LogP contribution is -2.43. The normalized spacial score (nSPS) is 20.5. The van der Waals surface area contributed by atoms with Crippen molar-refractivity contribution in [1.29, 1.82) is 0 Å². The summed E-state index contributed by atoms with van der Waals surface area (Å²) in [6.07, 6.45) is 0. The summed E-state index contributed by atoms with van der Waals surface area (Å²) in [5.41, 5.74) is 4.65. The molecule has 2 heterocycles. The number of hydrogen-bond donors (Lipinski definition) is 1. The maximum Gasteiger partial charge on any atom is 0.0891 e. The zero-order chi connectivity index (χ0) is 15.2. The molecule has 0 aliphatic carbocycles. The standard InChI is InChI=1S/C14H20ClN5O2/c15-13-11-12(16-17-18-20-5-9-22-10-6-20)1-2-14(13)19-3-7-21-8-4-19/h1-2,11H,3-10H2,(H,16,18). The SMILES string of the molecule is Clc1cc(N=NNN2CCOCC2)ccc1N1CCOCC1. The first-order valence-corrected chi connectivity index (χ1v) is 7.82. The Labute approximate surface area is 134 Å². The second kappa shape index (κ2) is 7.73. The number of nitrogens with one attached hydrogen (secondary N) is 1. The fourth-order valence-electron chi connectivity index (χ4n) is 2.43. The molecular weight excluding hydrogens is 306 g/mol. The van der Waals surface area contributed by atoms with Crippen molar-refractivity contribution in [2.45, 2.75) is 0 Å². The van der Waals surface area contributed by atoms with E-state index in [-0.39, 0.29) is 0 Å². The Morgan fingerprint density at radius 1 is 1.00 bits per heavy atom. The topological polar surface area (TPSA) is 61.7 Å². The average Bonchev–Trinajstić information content (AvgIpc) is 2.57. The minimum Gasteiger partial charge on any atom is -0.379 e. The van der Waals surface area contributed by atoms with Crippen LogP contribution in [0.5, 0.6) is 0 Å². The Bertz CT molecular complexity index is 516. The van der Waals surface area contributed by atoms with Crippen LogP contribution in [0.2, 0.25) is 5.02 Å². The molecule has 0 unspecified atom stereocenters. The van der Waals surface area contributed by atoms with Crippen LogP contribution >= 0.6 is 11.6 Å². The predicted octanol–water partition coefficient (Wildman–Crippen LogP) is 2.01. The van der Waals surface area contributed by atoms with E-state index in [1.54, 1.807) is 0 Å². The summed E-state index contributed by atoms with van der Waals surface area (Å²) < 4.78 is 10.6. The highest BCUT2D eigenvalue weighted by molar-refractivity contribution is 6.33. The van der Waals surface area contributed by atoms with Crippen LogP contribution in [0.15, 0.2) is 28.5 Å². The summed E-state index contributed by atoms with van der Waals surface area (Å²) >= 11 is 6.36. The van der Waals surface area contributed by atoms with Gasteiger partial charge >= 0.3 is 0 Å². The van der Waals surface area contributed by atoms with Crippen molar-refractivity contribution in [1.82, 2.24) is 10.5 Å². The Kier molecular flexibility index (Phi) is 5.44. The Hall–Kier alpha value is -1.41. The van der Waals surface area contributed by atoms with Gasteiger partial charge in [-0.05, 0) is 18.2 Å². The fourth-order valence-corrected chi connectivity index (χ4v) is 2.72. The molecule has 120 valence electrons.